The fourth-order valence-electron chi connectivity index (χ4n) is 4.79. The minimum atomic E-state index is -1.65. The highest BCUT2D eigenvalue weighted by molar-refractivity contribution is 5.73. The fraction of sp³-hybridized carbons (Fsp3) is 0.955. The average Bonchev–Trinajstić information content (AvgIpc) is 2.60. The van der Waals surface area contributed by atoms with Crippen molar-refractivity contribution in [3.63, 3.8) is 0 Å². The summed E-state index contributed by atoms with van der Waals surface area (Å²) in [6.45, 7) is 12.9. The molecule has 1 aliphatic heterocycles. The molecule has 0 amide bonds. The van der Waals surface area contributed by atoms with Gasteiger partial charge in [-0.3, -0.25) is 4.79 Å². The maximum atomic E-state index is 12.7. The van der Waals surface area contributed by atoms with Crippen LogP contribution in [-0.4, -0.2) is 80.4 Å². The largest absolute Gasteiger partial charge is 0.459 e. The molecule has 29 heavy (non-hydrogen) atoms. The van der Waals surface area contributed by atoms with Gasteiger partial charge in [0.25, 0.3) is 0 Å². The third kappa shape index (κ3) is 6.62. The predicted octanol–water partition coefficient (Wildman–Crippen LogP) is 1.55. The Labute approximate surface area is 176 Å². The van der Waals surface area contributed by atoms with E-state index in [0.29, 0.717) is 25.8 Å². The van der Waals surface area contributed by atoms with Crippen molar-refractivity contribution < 1.29 is 30.0 Å². The highest BCUT2D eigenvalue weighted by Crippen LogP contribution is 2.31. The Kier molecular flexibility index (Phi) is 9.12. The Morgan fingerprint density at radius 1 is 1.10 bits per heavy atom. The Morgan fingerprint density at radius 3 is 2.17 bits per heavy atom. The summed E-state index contributed by atoms with van der Waals surface area (Å²) in [5.74, 6) is -1.62. The Hall–Kier alpha value is -0.730. The molecule has 1 fully saturated rings. The molecule has 7 heteroatoms. The van der Waals surface area contributed by atoms with Crippen molar-refractivity contribution in [2.24, 2.45) is 17.8 Å². The molecule has 0 saturated carbocycles. The molecule has 0 spiro atoms. The van der Waals surface area contributed by atoms with E-state index >= 15 is 0 Å². The number of carbonyl (C=O) groups is 1. The standard InChI is InChI=1S/C22H43NO6/c1-9-17-22(7,28)19(25)16(5)23(8)12-13(2)10-21(6,27)11-14(3)18(24)15(4)20(26)29-17/h13-19,24-25,27-28H,9-12H2,1-8H3. The third-order valence-electron chi connectivity index (χ3n) is 6.65. The molecular weight excluding hydrogens is 374 g/mol. The van der Waals surface area contributed by atoms with Crippen LogP contribution in [0.15, 0.2) is 0 Å². The lowest BCUT2D eigenvalue weighted by Crippen LogP contribution is -2.59. The molecule has 0 aromatic heterocycles. The number of hydrogen-bond donors (Lipinski definition) is 4. The van der Waals surface area contributed by atoms with Crippen LogP contribution in [0.2, 0.25) is 0 Å². The van der Waals surface area contributed by atoms with Crippen LogP contribution < -0.4 is 0 Å². The number of hydrogen-bond acceptors (Lipinski definition) is 7. The van der Waals surface area contributed by atoms with Crippen molar-refractivity contribution in [1.29, 1.82) is 0 Å². The van der Waals surface area contributed by atoms with E-state index in [1.165, 1.54) is 6.92 Å². The quantitative estimate of drug-likeness (QED) is 0.479. The summed E-state index contributed by atoms with van der Waals surface area (Å²) >= 11 is 0. The minimum absolute atomic E-state index is 0.126. The zero-order valence-corrected chi connectivity index (χ0v) is 19.4. The van der Waals surface area contributed by atoms with Gasteiger partial charge in [-0.25, -0.2) is 0 Å². The summed E-state index contributed by atoms with van der Waals surface area (Å²) in [5.41, 5.74) is -2.65. The van der Waals surface area contributed by atoms with Gasteiger partial charge in [-0.15, -0.1) is 0 Å². The molecule has 9 unspecified atom stereocenters. The zero-order chi connectivity index (χ0) is 22.7. The van der Waals surface area contributed by atoms with Gasteiger partial charge in [-0.1, -0.05) is 20.8 Å². The van der Waals surface area contributed by atoms with Crippen LogP contribution in [0.4, 0.5) is 0 Å². The molecule has 1 saturated heterocycles. The number of esters is 1. The molecule has 1 rings (SSSR count). The van der Waals surface area contributed by atoms with Gasteiger partial charge in [-0.2, -0.15) is 0 Å². The molecule has 172 valence electrons. The normalized spacial score (nSPS) is 47.2. The van der Waals surface area contributed by atoms with Gasteiger partial charge in [0.15, 0.2) is 0 Å². The molecule has 1 heterocycles. The average molecular weight is 418 g/mol. The van der Waals surface area contributed by atoms with Crippen LogP contribution in [0.5, 0.6) is 0 Å². The summed E-state index contributed by atoms with van der Waals surface area (Å²) in [4.78, 5) is 14.6. The van der Waals surface area contributed by atoms with E-state index in [4.69, 9.17) is 4.74 Å². The van der Waals surface area contributed by atoms with E-state index in [2.05, 4.69) is 0 Å². The Bertz CT molecular complexity index is 537. The summed E-state index contributed by atoms with van der Waals surface area (Å²) in [6, 6.07) is -0.391. The maximum absolute atomic E-state index is 12.7. The van der Waals surface area contributed by atoms with Gasteiger partial charge >= 0.3 is 5.97 Å². The number of carbonyl (C=O) groups excluding carboxylic acids is 1. The first-order valence-corrected chi connectivity index (χ1v) is 10.9. The third-order valence-corrected chi connectivity index (χ3v) is 6.65. The number of ether oxygens (including phenoxy) is 1. The van der Waals surface area contributed by atoms with E-state index < -0.39 is 47.4 Å². The minimum Gasteiger partial charge on any atom is -0.459 e. The second kappa shape index (κ2) is 10.1. The summed E-state index contributed by atoms with van der Waals surface area (Å²) in [6.07, 6.45) is -1.84. The van der Waals surface area contributed by atoms with Crippen LogP contribution in [0.25, 0.3) is 0 Å². The number of rotatable bonds is 1. The fourth-order valence-corrected chi connectivity index (χ4v) is 4.79. The molecule has 9 atom stereocenters. The smallest absolute Gasteiger partial charge is 0.311 e. The number of nitrogens with zero attached hydrogens (tertiary/aromatic N) is 1. The number of likely N-dealkylation sites (N-methyl/N-ethyl adjacent to an activating group) is 1. The van der Waals surface area contributed by atoms with Gasteiger partial charge < -0.3 is 30.1 Å². The van der Waals surface area contributed by atoms with Crippen LogP contribution in [-0.2, 0) is 9.53 Å². The first kappa shape index (κ1) is 26.3. The Morgan fingerprint density at radius 2 is 1.66 bits per heavy atom. The van der Waals surface area contributed by atoms with E-state index in [0.717, 1.165) is 0 Å². The summed E-state index contributed by atoms with van der Waals surface area (Å²) < 4.78 is 5.56. The maximum Gasteiger partial charge on any atom is 0.311 e. The van der Waals surface area contributed by atoms with Gasteiger partial charge in [0.2, 0.25) is 0 Å². The number of aliphatic hydroxyl groups excluding tert-OH is 2. The number of cyclic esters (lactones) is 1. The molecule has 0 aliphatic carbocycles. The van der Waals surface area contributed by atoms with Crippen LogP contribution in [0.3, 0.4) is 0 Å². The van der Waals surface area contributed by atoms with Gasteiger partial charge in [0, 0.05) is 12.6 Å². The predicted molar refractivity (Wildman–Crippen MR) is 112 cm³/mol. The van der Waals surface area contributed by atoms with E-state index in [9.17, 15) is 25.2 Å². The second-order valence-electron chi connectivity index (χ2n) is 9.95. The van der Waals surface area contributed by atoms with Gasteiger partial charge in [0.05, 0.1) is 17.6 Å². The van der Waals surface area contributed by atoms with Crippen LogP contribution in [0, 0.1) is 17.8 Å². The van der Waals surface area contributed by atoms with Gasteiger partial charge in [0.1, 0.15) is 17.8 Å². The molecular formula is C22H43NO6. The lowest BCUT2D eigenvalue weighted by molar-refractivity contribution is -0.192. The molecule has 0 radical (unpaired) electrons. The summed E-state index contributed by atoms with van der Waals surface area (Å²) in [7, 11) is 1.87. The van der Waals surface area contributed by atoms with Crippen LogP contribution >= 0.6 is 0 Å². The topological polar surface area (TPSA) is 110 Å². The van der Waals surface area contributed by atoms with Crippen molar-refractivity contribution in [2.45, 2.75) is 103 Å². The second-order valence-corrected chi connectivity index (χ2v) is 9.95. The van der Waals surface area contributed by atoms with Gasteiger partial charge in [-0.05, 0) is 65.8 Å². The van der Waals surface area contributed by atoms with E-state index in [1.807, 2.05) is 32.7 Å². The van der Waals surface area contributed by atoms with Crippen molar-refractivity contribution in [3.05, 3.63) is 0 Å². The first-order valence-electron chi connectivity index (χ1n) is 10.9. The van der Waals surface area contributed by atoms with E-state index in [1.54, 1.807) is 20.8 Å². The van der Waals surface area contributed by atoms with E-state index in [-0.39, 0.29) is 11.8 Å². The Balaban J connectivity index is 3.28. The summed E-state index contributed by atoms with van der Waals surface area (Å²) in [5, 5.41) is 43.5. The first-order chi connectivity index (χ1) is 13.1. The highest BCUT2D eigenvalue weighted by Gasteiger charge is 2.45. The van der Waals surface area contributed by atoms with Crippen molar-refractivity contribution in [3.8, 4) is 0 Å². The van der Waals surface area contributed by atoms with Crippen molar-refractivity contribution in [1.82, 2.24) is 4.90 Å². The molecule has 0 bridgehead atoms. The molecule has 4 N–H and O–H groups in total. The number of aliphatic hydroxyl groups is 4. The van der Waals surface area contributed by atoms with Crippen molar-refractivity contribution >= 4 is 5.97 Å². The van der Waals surface area contributed by atoms with Crippen molar-refractivity contribution in [2.75, 3.05) is 13.6 Å². The lowest BCUT2D eigenvalue weighted by atomic mass is 9.81. The lowest BCUT2D eigenvalue weighted by Gasteiger charge is -2.42. The highest BCUT2D eigenvalue weighted by atomic mass is 16.6. The molecule has 7 nitrogen and oxygen atoms in total. The molecule has 0 aromatic rings. The zero-order valence-electron chi connectivity index (χ0n) is 19.4. The monoisotopic (exact) mass is 417 g/mol. The van der Waals surface area contributed by atoms with Crippen LogP contribution in [0.1, 0.15) is 67.7 Å². The SMILES string of the molecule is CCC1OC(=O)C(C)C(O)C(C)CC(C)(O)CC(C)CN(C)C(C)C(O)C1(C)O. The molecule has 0 aromatic carbocycles. The molecule has 1 aliphatic rings.